The number of aliphatic hydroxyl groups is 1. The molecule has 0 spiro atoms. The molecule has 70 valence electrons. The van der Waals surface area contributed by atoms with Gasteiger partial charge in [-0.15, -0.1) is 0 Å². The fourth-order valence-electron chi connectivity index (χ4n) is 1.59. The van der Waals surface area contributed by atoms with Crippen molar-refractivity contribution in [3.05, 3.63) is 47.0 Å². The van der Waals surface area contributed by atoms with Crippen LogP contribution in [0.1, 0.15) is 11.1 Å². The van der Waals surface area contributed by atoms with Gasteiger partial charge in [-0.3, -0.25) is 0 Å². The van der Waals surface area contributed by atoms with Gasteiger partial charge >= 0.3 is 0 Å². The third-order valence-corrected chi connectivity index (χ3v) is 2.27. The molecule has 0 amide bonds. The third-order valence-electron chi connectivity index (χ3n) is 2.27. The monoisotopic (exact) mass is 194 g/mol. The molecule has 0 unspecified atom stereocenters. The number of aliphatic hydroxyl groups excluding tert-OH is 1. The number of allylic oxidation sites excluding steroid dienone is 3. The van der Waals surface area contributed by atoms with Gasteiger partial charge in [-0.05, 0) is 11.6 Å². The van der Waals surface area contributed by atoms with Gasteiger partial charge in [0.05, 0.1) is 0 Å². The lowest BCUT2D eigenvalue weighted by Gasteiger charge is -1.99. The summed E-state index contributed by atoms with van der Waals surface area (Å²) >= 11 is 0. The highest BCUT2D eigenvalue weighted by Crippen LogP contribution is 2.35. The van der Waals surface area contributed by atoms with E-state index in [1.807, 2.05) is 12.1 Å². The van der Waals surface area contributed by atoms with Gasteiger partial charge < -0.3 is 5.11 Å². The summed E-state index contributed by atoms with van der Waals surface area (Å²) in [6.07, 6.45) is 1.45. The first-order valence-electron chi connectivity index (χ1n) is 4.33. The fraction of sp³-hybridized carbons (Fsp3) is 0. The molecule has 1 aliphatic rings. The largest absolute Gasteiger partial charge is 0.507 e. The topological polar surface area (TPSA) is 67.8 Å². The van der Waals surface area contributed by atoms with Crippen molar-refractivity contribution in [2.75, 3.05) is 0 Å². The van der Waals surface area contributed by atoms with E-state index in [2.05, 4.69) is 0 Å². The normalized spacial score (nSPS) is 12.4. The maximum absolute atomic E-state index is 9.60. The van der Waals surface area contributed by atoms with Crippen LogP contribution in [-0.2, 0) is 0 Å². The van der Waals surface area contributed by atoms with Crippen LogP contribution in [0.25, 0.3) is 11.3 Å². The van der Waals surface area contributed by atoms with Crippen molar-refractivity contribution >= 4 is 11.3 Å². The van der Waals surface area contributed by atoms with E-state index in [0.29, 0.717) is 11.1 Å². The van der Waals surface area contributed by atoms with Crippen molar-refractivity contribution in [1.82, 2.24) is 0 Å². The molecule has 15 heavy (non-hydrogen) atoms. The van der Waals surface area contributed by atoms with E-state index >= 15 is 0 Å². The van der Waals surface area contributed by atoms with E-state index < -0.39 is 0 Å². The van der Waals surface area contributed by atoms with E-state index in [9.17, 15) is 5.11 Å². The van der Waals surface area contributed by atoms with Crippen molar-refractivity contribution in [1.29, 1.82) is 10.5 Å². The van der Waals surface area contributed by atoms with Crippen molar-refractivity contribution in [3.63, 3.8) is 0 Å². The standard InChI is InChI=1S/C12H6N2O/c13-6-8(7-14)11-5-12(15)10-4-2-1-3-9(10)11/h1-5,15H. The molecule has 0 radical (unpaired) electrons. The molecular weight excluding hydrogens is 188 g/mol. The van der Waals surface area contributed by atoms with Gasteiger partial charge in [-0.2, -0.15) is 10.5 Å². The molecule has 0 fully saturated rings. The molecule has 0 aliphatic heterocycles. The van der Waals surface area contributed by atoms with Gasteiger partial charge in [-0.25, -0.2) is 0 Å². The Bertz CT molecular complexity index is 552. The Morgan fingerprint density at radius 3 is 2.27 bits per heavy atom. The number of benzene rings is 1. The van der Waals surface area contributed by atoms with Crippen LogP contribution < -0.4 is 0 Å². The smallest absolute Gasteiger partial charge is 0.137 e. The van der Waals surface area contributed by atoms with E-state index in [4.69, 9.17) is 10.5 Å². The lowest BCUT2D eigenvalue weighted by atomic mass is 10.0. The number of nitriles is 2. The minimum atomic E-state index is 0.0199. The van der Waals surface area contributed by atoms with Crippen LogP contribution in [0, 0.1) is 22.7 Å². The van der Waals surface area contributed by atoms with Crippen molar-refractivity contribution in [3.8, 4) is 12.1 Å². The van der Waals surface area contributed by atoms with Gasteiger partial charge in [0.25, 0.3) is 0 Å². The predicted molar refractivity (Wildman–Crippen MR) is 55.2 cm³/mol. The maximum Gasteiger partial charge on any atom is 0.137 e. The SMILES string of the molecule is N#CC(C#N)=C1C=C(O)c2ccccc21. The van der Waals surface area contributed by atoms with Crippen LogP contribution in [0.2, 0.25) is 0 Å². The molecule has 1 aromatic carbocycles. The van der Waals surface area contributed by atoms with Crippen molar-refractivity contribution in [2.45, 2.75) is 0 Å². The molecular formula is C12H6N2O. The summed E-state index contributed by atoms with van der Waals surface area (Å²) in [4.78, 5) is 0. The highest BCUT2D eigenvalue weighted by atomic mass is 16.3. The van der Waals surface area contributed by atoms with E-state index in [0.717, 1.165) is 5.56 Å². The Balaban J connectivity index is 2.75. The highest BCUT2D eigenvalue weighted by Gasteiger charge is 2.20. The average molecular weight is 194 g/mol. The Labute approximate surface area is 86.8 Å². The van der Waals surface area contributed by atoms with Crippen LogP contribution in [0.4, 0.5) is 0 Å². The zero-order valence-corrected chi connectivity index (χ0v) is 7.73. The number of rotatable bonds is 0. The summed E-state index contributed by atoms with van der Waals surface area (Å²) in [5, 5.41) is 27.1. The Kier molecular flexibility index (Phi) is 2.00. The van der Waals surface area contributed by atoms with E-state index in [1.54, 1.807) is 24.3 Å². The summed E-state index contributed by atoms with van der Waals surface area (Å²) in [5.41, 5.74) is 1.91. The summed E-state index contributed by atoms with van der Waals surface area (Å²) in [6.45, 7) is 0. The van der Waals surface area contributed by atoms with Crippen LogP contribution in [0.5, 0.6) is 0 Å². The number of nitrogens with zero attached hydrogens (tertiary/aromatic N) is 2. The second-order valence-electron chi connectivity index (χ2n) is 3.09. The molecule has 0 atom stereocenters. The van der Waals surface area contributed by atoms with E-state index in [1.165, 1.54) is 6.08 Å². The maximum atomic E-state index is 9.60. The Morgan fingerprint density at radius 2 is 1.67 bits per heavy atom. The van der Waals surface area contributed by atoms with Gasteiger partial charge in [0, 0.05) is 11.1 Å². The zero-order chi connectivity index (χ0) is 10.8. The molecule has 1 N–H and O–H groups in total. The molecule has 0 heterocycles. The van der Waals surface area contributed by atoms with Crippen LogP contribution in [0.3, 0.4) is 0 Å². The second-order valence-corrected chi connectivity index (χ2v) is 3.09. The first-order valence-corrected chi connectivity index (χ1v) is 4.33. The summed E-state index contributed by atoms with van der Waals surface area (Å²) in [6, 6.07) is 10.8. The van der Waals surface area contributed by atoms with Gasteiger partial charge in [0.1, 0.15) is 23.5 Å². The molecule has 0 saturated carbocycles. The van der Waals surface area contributed by atoms with Gasteiger partial charge in [-0.1, -0.05) is 24.3 Å². The predicted octanol–water partition coefficient (Wildman–Crippen LogP) is 2.40. The minimum absolute atomic E-state index is 0.0199. The molecule has 1 aromatic rings. The molecule has 3 nitrogen and oxygen atoms in total. The van der Waals surface area contributed by atoms with Gasteiger partial charge in [0.2, 0.25) is 0 Å². The zero-order valence-electron chi connectivity index (χ0n) is 7.73. The first kappa shape index (κ1) is 9.05. The quantitative estimate of drug-likeness (QED) is 0.645. The summed E-state index contributed by atoms with van der Waals surface area (Å²) in [7, 11) is 0. The molecule has 0 bridgehead atoms. The van der Waals surface area contributed by atoms with Crippen LogP contribution in [-0.4, -0.2) is 5.11 Å². The Hall–Kier alpha value is -2.52. The molecule has 0 aromatic heterocycles. The van der Waals surface area contributed by atoms with E-state index in [-0.39, 0.29) is 11.3 Å². The van der Waals surface area contributed by atoms with Gasteiger partial charge in [0.15, 0.2) is 0 Å². The Morgan fingerprint density at radius 1 is 1.07 bits per heavy atom. The lowest BCUT2D eigenvalue weighted by Crippen LogP contribution is -1.85. The molecule has 1 aliphatic carbocycles. The molecule has 2 rings (SSSR count). The molecule has 0 saturated heterocycles. The third kappa shape index (κ3) is 1.27. The average Bonchev–Trinajstić information content (AvgIpc) is 2.60. The number of hydrogen-bond donors (Lipinski definition) is 1. The van der Waals surface area contributed by atoms with Crippen molar-refractivity contribution in [2.24, 2.45) is 0 Å². The minimum Gasteiger partial charge on any atom is -0.507 e. The first-order chi connectivity index (χ1) is 7.27. The summed E-state index contributed by atoms with van der Waals surface area (Å²) < 4.78 is 0. The lowest BCUT2D eigenvalue weighted by molar-refractivity contribution is 0.513. The van der Waals surface area contributed by atoms with Crippen molar-refractivity contribution < 1.29 is 5.11 Å². The fourth-order valence-corrected chi connectivity index (χ4v) is 1.59. The van der Waals surface area contributed by atoms with Crippen LogP contribution >= 0.6 is 0 Å². The molecule has 3 heteroatoms. The number of hydrogen-bond acceptors (Lipinski definition) is 3. The number of fused-ring (bicyclic) bond motifs is 1. The second kappa shape index (κ2) is 3.32. The van der Waals surface area contributed by atoms with Crippen LogP contribution in [0.15, 0.2) is 35.9 Å². The highest BCUT2D eigenvalue weighted by molar-refractivity contribution is 5.96. The summed E-state index contributed by atoms with van der Waals surface area (Å²) in [5.74, 6) is 0.101.